The minimum absolute atomic E-state index is 0.0616. The number of carbonyl (C=O) groups excluding carboxylic acids is 1. The zero-order valence-electron chi connectivity index (χ0n) is 15.4. The van der Waals surface area contributed by atoms with Crippen LogP contribution in [0, 0.1) is 17.0 Å². The van der Waals surface area contributed by atoms with Gasteiger partial charge in [0.2, 0.25) is 0 Å². The second kappa shape index (κ2) is 7.91. The first kappa shape index (κ1) is 19.1. The summed E-state index contributed by atoms with van der Waals surface area (Å²) in [5.41, 5.74) is 1.90. The van der Waals surface area contributed by atoms with Crippen LogP contribution in [0.4, 0.5) is 11.4 Å². The lowest BCUT2D eigenvalue weighted by Crippen LogP contribution is -2.20. The highest BCUT2D eigenvalue weighted by molar-refractivity contribution is 5.92. The van der Waals surface area contributed by atoms with E-state index in [2.05, 4.69) is 5.32 Å². The number of amides is 1. The van der Waals surface area contributed by atoms with Crippen molar-refractivity contribution < 1.29 is 18.9 Å². The quantitative estimate of drug-likeness (QED) is 0.396. The van der Waals surface area contributed by atoms with Gasteiger partial charge in [-0.15, -0.1) is 0 Å². The second-order valence-electron chi connectivity index (χ2n) is 6.15. The molecule has 0 spiro atoms. The average molecular weight is 382 g/mol. The molecule has 1 N–H and O–H groups in total. The van der Waals surface area contributed by atoms with Crippen molar-refractivity contribution in [2.24, 2.45) is 0 Å². The fourth-order valence-electron chi connectivity index (χ4n) is 2.89. The van der Waals surface area contributed by atoms with E-state index < -0.39 is 10.8 Å². The molecule has 1 aromatic heterocycles. The highest BCUT2D eigenvalue weighted by Crippen LogP contribution is 2.24. The molecule has 8 nitrogen and oxygen atoms in total. The lowest BCUT2D eigenvalue weighted by molar-refractivity contribution is -0.384. The van der Waals surface area contributed by atoms with Gasteiger partial charge in [0.25, 0.3) is 11.6 Å². The molecule has 0 aliphatic carbocycles. The number of hydrogen-bond acceptors (Lipinski definition) is 6. The Hall–Kier alpha value is -3.68. The highest BCUT2D eigenvalue weighted by Gasteiger charge is 2.11. The number of non-ortho nitro benzene ring substituents is 1. The molecule has 0 unspecified atom stereocenters. The molecule has 0 bridgehead atoms. The SMILES string of the molecule is CCc1c(C)c2ccc(OCC(=O)Nc3ccc([N+](=O)[O-])cc3)cc2oc1=O. The summed E-state index contributed by atoms with van der Waals surface area (Å²) in [6.45, 7) is 3.50. The van der Waals surface area contributed by atoms with Crippen molar-refractivity contribution in [1.29, 1.82) is 0 Å². The maximum absolute atomic E-state index is 12.0. The molecule has 1 amide bonds. The number of hydrogen-bond donors (Lipinski definition) is 1. The third-order valence-electron chi connectivity index (χ3n) is 4.34. The summed E-state index contributed by atoms with van der Waals surface area (Å²) < 4.78 is 10.8. The van der Waals surface area contributed by atoms with Gasteiger partial charge in [0, 0.05) is 34.8 Å². The predicted octanol–water partition coefficient (Wildman–Crippen LogP) is 3.59. The summed E-state index contributed by atoms with van der Waals surface area (Å²) in [6.07, 6.45) is 0.588. The summed E-state index contributed by atoms with van der Waals surface area (Å²) in [4.78, 5) is 34.2. The van der Waals surface area contributed by atoms with Crippen LogP contribution in [-0.4, -0.2) is 17.4 Å². The maximum Gasteiger partial charge on any atom is 0.339 e. The third kappa shape index (κ3) is 4.01. The van der Waals surface area contributed by atoms with E-state index in [4.69, 9.17) is 9.15 Å². The molecule has 3 aromatic rings. The number of anilines is 1. The van der Waals surface area contributed by atoms with E-state index in [1.807, 2.05) is 13.8 Å². The van der Waals surface area contributed by atoms with Crippen LogP contribution in [0.3, 0.4) is 0 Å². The molecule has 0 saturated heterocycles. The van der Waals surface area contributed by atoms with Crippen molar-refractivity contribution in [1.82, 2.24) is 0 Å². The van der Waals surface area contributed by atoms with Gasteiger partial charge in [-0.2, -0.15) is 0 Å². The van der Waals surface area contributed by atoms with Crippen LogP contribution in [-0.2, 0) is 11.2 Å². The van der Waals surface area contributed by atoms with E-state index in [0.29, 0.717) is 29.0 Å². The van der Waals surface area contributed by atoms with Gasteiger partial charge < -0.3 is 14.5 Å². The van der Waals surface area contributed by atoms with Crippen LogP contribution >= 0.6 is 0 Å². The fourth-order valence-corrected chi connectivity index (χ4v) is 2.89. The minimum atomic E-state index is -0.516. The van der Waals surface area contributed by atoms with Crippen molar-refractivity contribution in [2.75, 3.05) is 11.9 Å². The second-order valence-corrected chi connectivity index (χ2v) is 6.15. The number of benzene rings is 2. The van der Waals surface area contributed by atoms with Crippen LogP contribution in [0.5, 0.6) is 5.75 Å². The van der Waals surface area contributed by atoms with Gasteiger partial charge in [-0.25, -0.2) is 4.79 Å². The first-order valence-corrected chi connectivity index (χ1v) is 8.62. The lowest BCUT2D eigenvalue weighted by Gasteiger charge is -2.10. The third-order valence-corrected chi connectivity index (χ3v) is 4.34. The number of fused-ring (bicyclic) bond motifs is 1. The number of nitro groups is 1. The molecule has 144 valence electrons. The van der Waals surface area contributed by atoms with Crippen molar-refractivity contribution in [3.05, 3.63) is 74.1 Å². The van der Waals surface area contributed by atoms with Crippen LogP contribution in [0.2, 0.25) is 0 Å². The Morgan fingerprint density at radius 1 is 1.21 bits per heavy atom. The molecule has 0 aliphatic rings. The summed E-state index contributed by atoms with van der Waals surface area (Å²) in [5.74, 6) is -0.0361. The zero-order chi connectivity index (χ0) is 20.3. The molecule has 8 heteroatoms. The highest BCUT2D eigenvalue weighted by atomic mass is 16.6. The summed E-state index contributed by atoms with van der Waals surface area (Å²) in [5, 5.41) is 14.0. The number of aryl methyl sites for hydroxylation is 1. The van der Waals surface area contributed by atoms with Gasteiger partial charge >= 0.3 is 5.63 Å². The minimum Gasteiger partial charge on any atom is -0.484 e. The lowest BCUT2D eigenvalue weighted by atomic mass is 10.0. The summed E-state index contributed by atoms with van der Waals surface area (Å²) in [7, 11) is 0. The Kier molecular flexibility index (Phi) is 5.39. The predicted molar refractivity (Wildman–Crippen MR) is 104 cm³/mol. The maximum atomic E-state index is 12.0. The summed E-state index contributed by atoms with van der Waals surface area (Å²) >= 11 is 0. The molecule has 1 heterocycles. The Bertz CT molecular complexity index is 1100. The average Bonchev–Trinajstić information content (AvgIpc) is 2.67. The monoisotopic (exact) mass is 382 g/mol. The largest absolute Gasteiger partial charge is 0.484 e. The fraction of sp³-hybridized carbons (Fsp3) is 0.200. The number of carbonyl (C=O) groups is 1. The normalized spacial score (nSPS) is 10.6. The first-order chi connectivity index (χ1) is 13.4. The number of ether oxygens (including phenoxy) is 1. The molecular weight excluding hydrogens is 364 g/mol. The van der Waals surface area contributed by atoms with E-state index in [1.54, 1.807) is 18.2 Å². The van der Waals surface area contributed by atoms with Crippen molar-refractivity contribution in [3.8, 4) is 5.75 Å². The van der Waals surface area contributed by atoms with Gasteiger partial charge in [0.1, 0.15) is 11.3 Å². The number of nitrogens with one attached hydrogen (secondary N) is 1. The van der Waals surface area contributed by atoms with E-state index in [1.165, 1.54) is 24.3 Å². The van der Waals surface area contributed by atoms with Gasteiger partial charge in [-0.1, -0.05) is 6.92 Å². The first-order valence-electron chi connectivity index (χ1n) is 8.62. The van der Waals surface area contributed by atoms with E-state index in [-0.39, 0.29) is 17.9 Å². The van der Waals surface area contributed by atoms with Crippen molar-refractivity contribution in [2.45, 2.75) is 20.3 Å². The van der Waals surface area contributed by atoms with Crippen LogP contribution < -0.4 is 15.7 Å². The standard InChI is InChI=1S/C20H18N2O6/c1-3-16-12(2)17-9-8-15(10-18(17)28-20(16)24)27-11-19(23)21-13-4-6-14(7-5-13)22(25)26/h4-10H,3,11H2,1-2H3,(H,21,23). The Balaban J connectivity index is 1.68. The number of nitrogens with zero attached hydrogens (tertiary/aromatic N) is 1. The van der Waals surface area contributed by atoms with Crippen molar-refractivity contribution >= 4 is 28.3 Å². The topological polar surface area (TPSA) is 112 Å². The number of nitro benzene ring substituents is 1. The van der Waals surface area contributed by atoms with Gasteiger partial charge in [-0.3, -0.25) is 14.9 Å². The zero-order valence-corrected chi connectivity index (χ0v) is 15.4. The van der Waals surface area contributed by atoms with Crippen molar-refractivity contribution in [3.63, 3.8) is 0 Å². The molecule has 0 fully saturated rings. The van der Waals surface area contributed by atoms with E-state index >= 15 is 0 Å². The molecule has 0 radical (unpaired) electrons. The van der Waals surface area contributed by atoms with Crippen LogP contribution in [0.25, 0.3) is 11.0 Å². The molecular formula is C20H18N2O6. The van der Waals surface area contributed by atoms with Crippen LogP contribution in [0.15, 0.2) is 51.7 Å². The molecule has 0 saturated carbocycles. The van der Waals surface area contributed by atoms with Crippen LogP contribution in [0.1, 0.15) is 18.1 Å². The van der Waals surface area contributed by atoms with E-state index in [9.17, 15) is 19.7 Å². The Morgan fingerprint density at radius 3 is 2.57 bits per heavy atom. The smallest absolute Gasteiger partial charge is 0.339 e. The molecule has 28 heavy (non-hydrogen) atoms. The molecule has 3 rings (SSSR count). The Labute approximate surface area is 159 Å². The molecule has 2 aromatic carbocycles. The number of rotatable bonds is 6. The Morgan fingerprint density at radius 2 is 1.93 bits per heavy atom. The summed E-state index contributed by atoms with van der Waals surface area (Å²) in [6, 6.07) is 10.5. The van der Waals surface area contributed by atoms with E-state index in [0.717, 1.165) is 10.9 Å². The van der Waals surface area contributed by atoms with Gasteiger partial charge in [0.05, 0.1) is 4.92 Å². The van der Waals surface area contributed by atoms with Gasteiger partial charge in [0.15, 0.2) is 6.61 Å². The van der Waals surface area contributed by atoms with Gasteiger partial charge in [-0.05, 0) is 43.2 Å². The molecule has 0 aliphatic heterocycles. The molecule has 0 atom stereocenters.